The number of amides is 1. The van der Waals surface area contributed by atoms with Crippen LogP contribution in [0.25, 0.3) is 27.9 Å². The number of likely N-dealkylation sites (tertiary alicyclic amines) is 1. The molecule has 5 N–H and O–H groups in total. The minimum atomic E-state index is -0.317. The maximum absolute atomic E-state index is 13.7. The van der Waals surface area contributed by atoms with Crippen LogP contribution in [0.2, 0.25) is 0 Å². The lowest BCUT2D eigenvalue weighted by molar-refractivity contribution is 0.0929. The molecule has 1 saturated heterocycles. The molecule has 0 bridgehead atoms. The van der Waals surface area contributed by atoms with Gasteiger partial charge in [-0.3, -0.25) is 15.2 Å². The molecule has 0 aliphatic carbocycles. The minimum absolute atomic E-state index is 0.0696. The number of pyridine rings is 2. The number of carbonyl (C=O) groups excluding carboxylic acids is 1. The van der Waals surface area contributed by atoms with Crippen LogP contribution in [0.15, 0.2) is 91.3 Å². The van der Waals surface area contributed by atoms with Gasteiger partial charge >= 0.3 is 0 Å². The maximum Gasteiger partial charge on any atom is 0.269 e. The highest BCUT2D eigenvalue weighted by Gasteiger charge is 2.23. The van der Waals surface area contributed by atoms with Crippen LogP contribution in [0.5, 0.6) is 0 Å². The highest BCUT2D eigenvalue weighted by Crippen LogP contribution is 2.35. The Morgan fingerprint density at radius 2 is 1.68 bits per heavy atom. The van der Waals surface area contributed by atoms with Crippen molar-refractivity contribution in [3.8, 4) is 22.4 Å². The number of hydrogen-bond acceptors (Lipinski definition) is 6. The number of aromatic nitrogens is 3. The summed E-state index contributed by atoms with van der Waals surface area (Å²) in [4.78, 5) is 20.1. The predicted octanol–water partition coefficient (Wildman–Crippen LogP) is 5.04. The number of nitrogens with zero attached hydrogens (tertiary/aromatic N) is 4. The molecule has 2 aromatic carbocycles. The van der Waals surface area contributed by atoms with E-state index in [0.29, 0.717) is 23.9 Å². The number of nitrogens with one attached hydrogen (secondary N) is 3. The van der Waals surface area contributed by atoms with E-state index in [4.69, 9.17) is 16.2 Å². The Labute approximate surface area is 255 Å². The van der Waals surface area contributed by atoms with Crippen molar-refractivity contribution in [2.45, 2.75) is 12.8 Å². The molecule has 10 heteroatoms. The van der Waals surface area contributed by atoms with Crippen molar-refractivity contribution in [3.63, 3.8) is 0 Å². The smallest absolute Gasteiger partial charge is 0.269 e. The molecule has 3 aromatic heterocycles. The fourth-order valence-electron chi connectivity index (χ4n) is 5.72. The number of nitrogen functional groups attached to an aromatic ring is 1. The molecule has 1 amide bonds. The lowest BCUT2D eigenvalue weighted by Crippen LogP contribution is -2.40. The number of hydrogen-bond donors (Lipinski definition) is 4. The van der Waals surface area contributed by atoms with Gasteiger partial charge in [-0.05, 0) is 110 Å². The van der Waals surface area contributed by atoms with Crippen molar-refractivity contribution >= 4 is 22.9 Å². The Balaban J connectivity index is 1.08. The lowest BCUT2D eigenvalue weighted by Gasteiger charge is -2.32. The van der Waals surface area contributed by atoms with Crippen LogP contribution in [-0.4, -0.2) is 64.0 Å². The first kappa shape index (κ1) is 29.0. The molecule has 6 rings (SSSR count). The lowest BCUT2D eigenvalue weighted by atomic mass is 9.96. The van der Waals surface area contributed by atoms with Crippen LogP contribution < -0.4 is 16.4 Å². The van der Waals surface area contributed by atoms with Gasteiger partial charge in [0.05, 0.1) is 5.52 Å². The van der Waals surface area contributed by atoms with Crippen molar-refractivity contribution in [2.75, 3.05) is 38.0 Å². The molecular formula is C34H35FN8O. The molecule has 1 aliphatic rings. The van der Waals surface area contributed by atoms with Crippen molar-refractivity contribution < 1.29 is 9.18 Å². The molecule has 5 aromatic rings. The van der Waals surface area contributed by atoms with Gasteiger partial charge in [-0.15, -0.1) is 0 Å². The fraction of sp³-hybridized carbons (Fsp3) is 0.235. The highest BCUT2D eigenvalue weighted by atomic mass is 19.1. The first-order chi connectivity index (χ1) is 21.5. The molecule has 1 fully saturated rings. The number of benzene rings is 2. The summed E-state index contributed by atoms with van der Waals surface area (Å²) in [7, 11) is 0. The average Bonchev–Trinajstić information content (AvgIpc) is 3.45. The van der Waals surface area contributed by atoms with Crippen molar-refractivity contribution in [1.82, 2.24) is 24.8 Å². The van der Waals surface area contributed by atoms with E-state index in [0.717, 1.165) is 72.5 Å². The standard InChI is InChI=1S/C34H35FN8O/c35-27-8-4-25(5-9-27)32-31(24-12-16-38-17-13-24)29-2-1-3-30(43(29)41-32)34(44)40-22-23-14-19-42(20-15-23)21-18-39-28-10-6-26(7-11-28)33(36)37/h1-13,16-17,23,39H,14-15,18-22H2,(H3,36,37)(H,40,44). The first-order valence-corrected chi connectivity index (χ1v) is 14.8. The second-order valence-electron chi connectivity index (χ2n) is 11.1. The summed E-state index contributed by atoms with van der Waals surface area (Å²) in [5, 5.41) is 19.0. The van der Waals surface area contributed by atoms with E-state index >= 15 is 0 Å². The molecule has 0 radical (unpaired) electrons. The first-order valence-electron chi connectivity index (χ1n) is 14.8. The van der Waals surface area contributed by atoms with Crippen LogP contribution in [0.3, 0.4) is 0 Å². The fourth-order valence-corrected chi connectivity index (χ4v) is 5.72. The summed E-state index contributed by atoms with van der Waals surface area (Å²) in [6.45, 7) is 4.33. The van der Waals surface area contributed by atoms with E-state index in [2.05, 4.69) is 20.5 Å². The van der Waals surface area contributed by atoms with Crippen molar-refractivity contribution in [1.29, 1.82) is 5.41 Å². The maximum atomic E-state index is 13.7. The SMILES string of the molecule is N=C(N)c1ccc(NCCN2CCC(CNC(=O)c3cccc4c(-c5ccncc5)c(-c5ccc(F)cc5)nn34)CC2)cc1. The summed E-state index contributed by atoms with van der Waals surface area (Å²) in [6.07, 6.45) is 5.47. The quantitative estimate of drug-likeness (QED) is 0.133. The third-order valence-electron chi connectivity index (χ3n) is 8.19. The van der Waals surface area contributed by atoms with Gasteiger partial charge in [-0.2, -0.15) is 5.10 Å². The van der Waals surface area contributed by atoms with E-state index < -0.39 is 0 Å². The second kappa shape index (κ2) is 13.0. The van der Waals surface area contributed by atoms with Crippen LogP contribution in [0.1, 0.15) is 28.9 Å². The van der Waals surface area contributed by atoms with Gasteiger partial charge in [0, 0.05) is 54.4 Å². The largest absolute Gasteiger partial charge is 0.384 e. The highest BCUT2D eigenvalue weighted by molar-refractivity contribution is 5.97. The van der Waals surface area contributed by atoms with Gasteiger partial charge in [0.15, 0.2) is 0 Å². The molecule has 224 valence electrons. The zero-order valence-corrected chi connectivity index (χ0v) is 24.3. The predicted molar refractivity (Wildman–Crippen MR) is 171 cm³/mol. The van der Waals surface area contributed by atoms with Crippen LogP contribution in [0.4, 0.5) is 10.1 Å². The Morgan fingerprint density at radius 1 is 0.955 bits per heavy atom. The number of piperidine rings is 1. The summed E-state index contributed by atoms with van der Waals surface area (Å²) < 4.78 is 15.4. The summed E-state index contributed by atoms with van der Waals surface area (Å²) >= 11 is 0. The van der Waals surface area contributed by atoms with E-state index in [-0.39, 0.29) is 17.6 Å². The molecular weight excluding hydrogens is 555 g/mol. The third kappa shape index (κ3) is 6.45. The molecule has 44 heavy (non-hydrogen) atoms. The zero-order valence-electron chi connectivity index (χ0n) is 24.3. The number of carbonyl (C=O) groups is 1. The van der Waals surface area contributed by atoms with E-state index in [1.165, 1.54) is 12.1 Å². The van der Waals surface area contributed by atoms with Gasteiger partial charge in [0.2, 0.25) is 0 Å². The molecule has 1 aliphatic heterocycles. The number of amidine groups is 1. The summed E-state index contributed by atoms with van der Waals surface area (Å²) in [6, 6.07) is 23.2. The molecule has 0 unspecified atom stereocenters. The van der Waals surface area contributed by atoms with Crippen LogP contribution >= 0.6 is 0 Å². The summed E-state index contributed by atoms with van der Waals surface area (Å²) in [5.41, 5.74) is 11.7. The van der Waals surface area contributed by atoms with Gasteiger partial charge in [0.1, 0.15) is 23.0 Å². The van der Waals surface area contributed by atoms with E-state index in [9.17, 15) is 9.18 Å². The average molecular weight is 591 g/mol. The van der Waals surface area contributed by atoms with Gasteiger partial charge < -0.3 is 21.3 Å². The Morgan fingerprint density at radius 3 is 2.39 bits per heavy atom. The molecule has 0 spiro atoms. The summed E-state index contributed by atoms with van der Waals surface area (Å²) in [5.74, 6) is -0.0169. The Kier molecular flexibility index (Phi) is 8.60. The van der Waals surface area contributed by atoms with Gasteiger partial charge in [-0.25, -0.2) is 8.91 Å². The zero-order chi connectivity index (χ0) is 30.5. The van der Waals surface area contributed by atoms with Crippen molar-refractivity contribution in [2.24, 2.45) is 11.7 Å². The van der Waals surface area contributed by atoms with Gasteiger partial charge in [0.25, 0.3) is 5.91 Å². The second-order valence-corrected chi connectivity index (χ2v) is 11.1. The van der Waals surface area contributed by atoms with Crippen molar-refractivity contribution in [3.05, 3.63) is 108 Å². The number of fused-ring (bicyclic) bond motifs is 1. The normalized spacial score (nSPS) is 14.0. The minimum Gasteiger partial charge on any atom is -0.384 e. The van der Waals surface area contributed by atoms with E-state index in [1.54, 1.807) is 35.1 Å². The topological polar surface area (TPSA) is 124 Å². The molecule has 9 nitrogen and oxygen atoms in total. The monoisotopic (exact) mass is 590 g/mol. The number of rotatable bonds is 10. The number of halogens is 1. The Bertz CT molecular complexity index is 1740. The van der Waals surface area contributed by atoms with E-state index in [1.807, 2.05) is 48.5 Å². The van der Waals surface area contributed by atoms with Crippen LogP contribution in [-0.2, 0) is 0 Å². The third-order valence-corrected chi connectivity index (χ3v) is 8.19. The molecule has 0 atom stereocenters. The molecule has 4 heterocycles. The number of anilines is 1. The van der Waals surface area contributed by atoms with Crippen LogP contribution in [0, 0.1) is 17.1 Å². The Hall–Kier alpha value is -5.09. The number of nitrogens with two attached hydrogens (primary N) is 1. The molecule has 0 saturated carbocycles. The van der Waals surface area contributed by atoms with Gasteiger partial charge in [-0.1, -0.05) is 6.07 Å².